The van der Waals surface area contributed by atoms with Crippen molar-refractivity contribution in [2.24, 2.45) is 0 Å². The summed E-state index contributed by atoms with van der Waals surface area (Å²) in [6.45, 7) is 5.76. The molecule has 1 amide bonds. The van der Waals surface area contributed by atoms with Gasteiger partial charge in [0.2, 0.25) is 5.69 Å². The highest BCUT2D eigenvalue weighted by atomic mass is 16.2. The van der Waals surface area contributed by atoms with Crippen LogP contribution in [0.2, 0.25) is 0 Å². The third kappa shape index (κ3) is 4.51. The monoisotopic (exact) mass is 392 g/mol. The molecule has 1 heterocycles. The summed E-state index contributed by atoms with van der Waals surface area (Å²) < 4.78 is 2.16. The van der Waals surface area contributed by atoms with Gasteiger partial charge in [0.05, 0.1) is 12.2 Å². The maximum Gasteiger partial charge on any atom is 0.352 e. The molecule has 2 aromatic carbocycles. The number of carbonyl (C=O) groups is 1. The van der Waals surface area contributed by atoms with Crippen LogP contribution in [-0.2, 0) is 6.54 Å². The summed E-state index contributed by atoms with van der Waals surface area (Å²) in [5, 5.41) is 6.87. The van der Waals surface area contributed by atoms with Gasteiger partial charge >= 0.3 is 5.69 Å². The molecule has 0 unspecified atom stereocenters. The van der Waals surface area contributed by atoms with E-state index in [0.717, 1.165) is 20.4 Å². The van der Waals surface area contributed by atoms with Gasteiger partial charge in [0, 0.05) is 6.04 Å². The van der Waals surface area contributed by atoms with Crippen molar-refractivity contribution in [1.29, 1.82) is 0 Å². The number of hydrogen-bond donors (Lipinski definition) is 1. The van der Waals surface area contributed by atoms with Gasteiger partial charge in [-0.2, -0.15) is 9.78 Å². The molecule has 3 rings (SSSR count). The second-order valence-electron chi connectivity index (χ2n) is 7.04. The fourth-order valence-corrected chi connectivity index (χ4v) is 2.81. The number of nitrogens with zero attached hydrogens (tertiary/aromatic N) is 3. The first-order chi connectivity index (χ1) is 13.9. The number of aryl methyl sites for hydroxylation is 1. The number of amides is 1. The molecule has 0 aliphatic rings. The van der Waals surface area contributed by atoms with E-state index in [1.807, 2.05) is 63.2 Å². The standard InChI is InChI=1S/C22H24N4O3/c1-4-16(3)23-20(27)19-21(28)25(14-17-8-6-5-7-9-17)22(29)26(24-19)18-12-10-15(2)11-13-18/h5-13,16H,4,14H2,1-3H3,(H,23,27)/t16-/m1/s1. The lowest BCUT2D eigenvalue weighted by molar-refractivity contribution is 0.0929. The molecule has 0 saturated carbocycles. The van der Waals surface area contributed by atoms with Crippen LogP contribution in [0.3, 0.4) is 0 Å². The molecule has 150 valence electrons. The molecule has 1 N–H and O–H groups in total. The molecule has 0 fully saturated rings. The molecular formula is C22H24N4O3. The van der Waals surface area contributed by atoms with Crippen LogP contribution in [-0.4, -0.2) is 26.3 Å². The van der Waals surface area contributed by atoms with Crippen molar-refractivity contribution in [3.8, 4) is 5.69 Å². The molecule has 0 saturated heterocycles. The Balaban J connectivity index is 2.18. The van der Waals surface area contributed by atoms with E-state index in [4.69, 9.17) is 0 Å². The highest BCUT2D eigenvalue weighted by Crippen LogP contribution is 2.06. The third-order valence-corrected chi connectivity index (χ3v) is 4.73. The van der Waals surface area contributed by atoms with Gasteiger partial charge in [0.25, 0.3) is 11.5 Å². The number of hydrogen-bond acceptors (Lipinski definition) is 4. The Morgan fingerprint density at radius 2 is 1.72 bits per heavy atom. The predicted molar refractivity (Wildman–Crippen MR) is 112 cm³/mol. The Morgan fingerprint density at radius 3 is 2.34 bits per heavy atom. The molecule has 0 aliphatic carbocycles. The van der Waals surface area contributed by atoms with Gasteiger partial charge in [0.1, 0.15) is 0 Å². The predicted octanol–water partition coefficient (Wildman–Crippen LogP) is 2.28. The minimum Gasteiger partial charge on any atom is -0.348 e. The number of aromatic nitrogens is 3. The lowest BCUT2D eigenvalue weighted by atomic mass is 10.2. The Labute approximate surface area is 168 Å². The van der Waals surface area contributed by atoms with Crippen LogP contribution in [0.5, 0.6) is 0 Å². The van der Waals surface area contributed by atoms with Gasteiger partial charge in [0.15, 0.2) is 0 Å². The van der Waals surface area contributed by atoms with Crippen LogP contribution in [0.25, 0.3) is 5.69 Å². The van der Waals surface area contributed by atoms with E-state index in [1.54, 1.807) is 12.1 Å². The molecule has 7 heteroatoms. The van der Waals surface area contributed by atoms with Crippen LogP contribution in [0.4, 0.5) is 0 Å². The van der Waals surface area contributed by atoms with Crippen molar-refractivity contribution in [2.75, 3.05) is 0 Å². The number of rotatable bonds is 6. The fraction of sp³-hybridized carbons (Fsp3) is 0.273. The summed E-state index contributed by atoms with van der Waals surface area (Å²) in [4.78, 5) is 38.7. The highest BCUT2D eigenvalue weighted by Gasteiger charge is 2.21. The largest absolute Gasteiger partial charge is 0.352 e. The summed E-state index contributed by atoms with van der Waals surface area (Å²) in [5.41, 5.74) is 0.683. The quantitative estimate of drug-likeness (QED) is 0.697. The van der Waals surface area contributed by atoms with E-state index in [0.29, 0.717) is 12.1 Å². The maximum absolute atomic E-state index is 13.1. The highest BCUT2D eigenvalue weighted by molar-refractivity contribution is 5.91. The average molecular weight is 392 g/mol. The first-order valence-corrected chi connectivity index (χ1v) is 9.56. The Bertz CT molecular complexity index is 1120. The fourth-order valence-electron chi connectivity index (χ4n) is 2.81. The smallest absolute Gasteiger partial charge is 0.348 e. The van der Waals surface area contributed by atoms with Gasteiger partial charge in [-0.3, -0.25) is 14.2 Å². The number of nitrogens with one attached hydrogen (secondary N) is 1. The van der Waals surface area contributed by atoms with Crippen LogP contribution < -0.4 is 16.6 Å². The molecule has 0 bridgehead atoms. The molecule has 3 aromatic rings. The Kier molecular flexibility index (Phi) is 6.07. The maximum atomic E-state index is 13.1. The topological polar surface area (TPSA) is 86.0 Å². The first-order valence-electron chi connectivity index (χ1n) is 9.56. The molecule has 0 radical (unpaired) electrons. The molecule has 1 atom stereocenters. The summed E-state index contributed by atoms with van der Waals surface area (Å²) >= 11 is 0. The van der Waals surface area contributed by atoms with Crippen molar-refractivity contribution in [1.82, 2.24) is 19.7 Å². The van der Waals surface area contributed by atoms with Crippen molar-refractivity contribution in [3.05, 3.63) is 92.3 Å². The van der Waals surface area contributed by atoms with Crippen molar-refractivity contribution in [3.63, 3.8) is 0 Å². The Morgan fingerprint density at radius 1 is 1.07 bits per heavy atom. The number of carbonyl (C=O) groups excluding carboxylic acids is 1. The second-order valence-corrected chi connectivity index (χ2v) is 7.04. The number of benzene rings is 2. The summed E-state index contributed by atoms with van der Waals surface area (Å²) in [5.74, 6) is -0.591. The van der Waals surface area contributed by atoms with E-state index >= 15 is 0 Å². The average Bonchev–Trinajstić information content (AvgIpc) is 2.72. The van der Waals surface area contributed by atoms with Gasteiger partial charge in [-0.1, -0.05) is 55.0 Å². The molecule has 7 nitrogen and oxygen atoms in total. The molecule has 29 heavy (non-hydrogen) atoms. The molecule has 0 spiro atoms. The van der Waals surface area contributed by atoms with Crippen molar-refractivity contribution in [2.45, 2.75) is 39.8 Å². The van der Waals surface area contributed by atoms with Gasteiger partial charge in [-0.15, -0.1) is 0 Å². The molecule has 0 aliphatic heterocycles. The van der Waals surface area contributed by atoms with Crippen LogP contribution in [0.15, 0.2) is 64.2 Å². The molecular weight excluding hydrogens is 368 g/mol. The minimum absolute atomic E-state index is 0.0521. The van der Waals surface area contributed by atoms with Crippen LogP contribution in [0.1, 0.15) is 41.9 Å². The zero-order valence-corrected chi connectivity index (χ0v) is 16.8. The van der Waals surface area contributed by atoms with Gasteiger partial charge in [-0.25, -0.2) is 4.79 Å². The minimum atomic E-state index is -0.706. The van der Waals surface area contributed by atoms with Gasteiger partial charge < -0.3 is 5.32 Å². The lowest BCUT2D eigenvalue weighted by Gasteiger charge is -2.14. The van der Waals surface area contributed by atoms with Crippen molar-refractivity contribution < 1.29 is 4.79 Å². The van der Waals surface area contributed by atoms with Gasteiger partial charge in [-0.05, 0) is 38.0 Å². The van der Waals surface area contributed by atoms with Crippen molar-refractivity contribution >= 4 is 5.91 Å². The lowest BCUT2D eigenvalue weighted by Crippen LogP contribution is -2.47. The van der Waals surface area contributed by atoms with E-state index in [-0.39, 0.29) is 18.3 Å². The normalized spacial score (nSPS) is 11.8. The first kappa shape index (κ1) is 20.3. The third-order valence-electron chi connectivity index (χ3n) is 4.73. The zero-order valence-electron chi connectivity index (χ0n) is 16.8. The second kappa shape index (κ2) is 8.68. The SMILES string of the molecule is CC[C@@H](C)NC(=O)c1nn(-c2ccc(C)cc2)c(=O)n(Cc2ccccc2)c1=O. The van der Waals surface area contributed by atoms with E-state index in [2.05, 4.69) is 10.4 Å². The van der Waals surface area contributed by atoms with Crippen LogP contribution in [0, 0.1) is 6.92 Å². The Hall–Kier alpha value is -3.48. The van der Waals surface area contributed by atoms with E-state index in [9.17, 15) is 14.4 Å². The zero-order chi connectivity index (χ0) is 21.0. The molecule has 1 aromatic heterocycles. The van der Waals surface area contributed by atoms with E-state index in [1.165, 1.54) is 0 Å². The summed E-state index contributed by atoms with van der Waals surface area (Å²) in [7, 11) is 0. The summed E-state index contributed by atoms with van der Waals surface area (Å²) in [6.07, 6.45) is 0.710. The van der Waals surface area contributed by atoms with E-state index < -0.39 is 17.2 Å². The van der Waals surface area contributed by atoms with Crippen LogP contribution >= 0.6 is 0 Å². The summed E-state index contributed by atoms with van der Waals surface area (Å²) in [6, 6.07) is 16.2.